The quantitative estimate of drug-likeness (QED) is 0.602. The van der Waals surface area contributed by atoms with E-state index in [0.29, 0.717) is 30.5 Å². The van der Waals surface area contributed by atoms with E-state index in [1.54, 1.807) is 26.4 Å². The highest BCUT2D eigenvalue weighted by Gasteiger charge is 2.11. The molecule has 0 N–H and O–H groups in total. The molecule has 8 heteroatoms. The van der Waals surface area contributed by atoms with Gasteiger partial charge in [-0.05, 0) is 24.6 Å². The van der Waals surface area contributed by atoms with Gasteiger partial charge < -0.3 is 14.2 Å². The Morgan fingerprint density at radius 2 is 1.96 bits per heavy atom. The predicted molar refractivity (Wildman–Crippen MR) is 92.4 cm³/mol. The molecular weight excluding hydrogens is 336 g/mol. The monoisotopic (exact) mass is 354 g/mol. The van der Waals surface area contributed by atoms with Gasteiger partial charge in [0.25, 0.3) is 5.95 Å². The van der Waals surface area contributed by atoms with Crippen molar-refractivity contribution in [2.45, 2.75) is 13.5 Å². The lowest BCUT2D eigenvalue weighted by Crippen LogP contribution is -2.04. The molecule has 2 aromatic heterocycles. The lowest BCUT2D eigenvalue weighted by molar-refractivity contribution is 0.0526. The van der Waals surface area contributed by atoms with E-state index >= 15 is 0 Å². The fraction of sp³-hybridized carbons (Fsp3) is 0.222. The first-order valence-electron chi connectivity index (χ1n) is 7.99. The molecule has 8 nitrogen and oxygen atoms in total. The molecule has 26 heavy (non-hydrogen) atoms. The Bertz CT molecular complexity index is 877. The number of nitrogens with zero attached hydrogens (tertiary/aromatic N) is 4. The zero-order valence-corrected chi connectivity index (χ0v) is 14.5. The van der Waals surface area contributed by atoms with Crippen molar-refractivity contribution in [1.82, 2.24) is 19.7 Å². The van der Waals surface area contributed by atoms with Gasteiger partial charge in [0.15, 0.2) is 5.75 Å². The summed E-state index contributed by atoms with van der Waals surface area (Å²) >= 11 is 0. The van der Waals surface area contributed by atoms with Crippen molar-refractivity contribution < 1.29 is 19.0 Å². The number of rotatable bonds is 7. The van der Waals surface area contributed by atoms with Crippen molar-refractivity contribution in [2.24, 2.45) is 0 Å². The van der Waals surface area contributed by atoms with Gasteiger partial charge in [-0.15, -0.1) is 0 Å². The highest BCUT2D eigenvalue weighted by molar-refractivity contribution is 5.88. The van der Waals surface area contributed by atoms with Gasteiger partial charge in [0.05, 0.1) is 37.9 Å². The van der Waals surface area contributed by atoms with Crippen LogP contribution in [-0.4, -0.2) is 39.4 Å². The van der Waals surface area contributed by atoms with Crippen LogP contribution in [0.1, 0.15) is 22.8 Å². The second kappa shape index (κ2) is 8.11. The second-order valence-electron chi connectivity index (χ2n) is 5.25. The number of carbonyl (C=O) groups excluding carboxylic acids is 1. The van der Waals surface area contributed by atoms with Crippen LogP contribution < -0.4 is 9.47 Å². The van der Waals surface area contributed by atoms with Crippen LogP contribution in [0.5, 0.6) is 11.5 Å². The van der Waals surface area contributed by atoms with Crippen molar-refractivity contribution >= 4 is 5.97 Å². The van der Waals surface area contributed by atoms with E-state index in [9.17, 15) is 4.79 Å². The Morgan fingerprint density at radius 3 is 2.69 bits per heavy atom. The van der Waals surface area contributed by atoms with Gasteiger partial charge in [-0.3, -0.25) is 0 Å². The van der Waals surface area contributed by atoms with Gasteiger partial charge in [-0.25, -0.2) is 19.4 Å². The third-order valence-corrected chi connectivity index (χ3v) is 3.45. The zero-order chi connectivity index (χ0) is 18.4. The van der Waals surface area contributed by atoms with Crippen LogP contribution in [0.25, 0.3) is 5.95 Å². The second-order valence-corrected chi connectivity index (χ2v) is 5.25. The number of methoxy groups -OCH3 is 1. The highest BCUT2D eigenvalue weighted by atomic mass is 16.5. The van der Waals surface area contributed by atoms with Gasteiger partial charge >= 0.3 is 5.97 Å². The van der Waals surface area contributed by atoms with E-state index in [-0.39, 0.29) is 0 Å². The molecule has 0 saturated heterocycles. The van der Waals surface area contributed by atoms with Crippen LogP contribution in [-0.2, 0) is 11.3 Å². The van der Waals surface area contributed by atoms with E-state index < -0.39 is 5.97 Å². The maximum absolute atomic E-state index is 11.7. The number of hydrogen-bond acceptors (Lipinski definition) is 7. The summed E-state index contributed by atoms with van der Waals surface area (Å²) in [7, 11) is 1.62. The lowest BCUT2D eigenvalue weighted by Gasteiger charge is -2.07. The van der Waals surface area contributed by atoms with Crippen molar-refractivity contribution in [3.05, 3.63) is 60.2 Å². The Labute approximate surface area is 150 Å². The largest absolute Gasteiger partial charge is 0.497 e. The first-order valence-corrected chi connectivity index (χ1v) is 7.99. The summed E-state index contributed by atoms with van der Waals surface area (Å²) in [5.74, 6) is 1.19. The van der Waals surface area contributed by atoms with Crippen LogP contribution in [0.15, 0.2) is 49.1 Å². The van der Waals surface area contributed by atoms with Crippen LogP contribution in [0, 0.1) is 0 Å². The van der Waals surface area contributed by atoms with Gasteiger partial charge in [-0.2, -0.15) is 5.10 Å². The lowest BCUT2D eigenvalue weighted by atomic mass is 10.2. The predicted octanol–water partition coefficient (Wildman–Crippen LogP) is 2.43. The maximum Gasteiger partial charge on any atom is 0.341 e. The molecule has 1 aromatic carbocycles. The molecule has 2 heterocycles. The molecular formula is C18H18N4O4. The smallest absolute Gasteiger partial charge is 0.341 e. The Hall–Kier alpha value is -3.42. The molecule has 0 fully saturated rings. The minimum atomic E-state index is -0.433. The minimum Gasteiger partial charge on any atom is -0.497 e. The summed E-state index contributed by atoms with van der Waals surface area (Å²) in [5, 5.41) is 4.07. The molecule has 0 atom stereocenters. The van der Waals surface area contributed by atoms with Gasteiger partial charge in [-0.1, -0.05) is 12.1 Å². The van der Waals surface area contributed by atoms with E-state index in [1.807, 2.05) is 24.3 Å². The third-order valence-electron chi connectivity index (χ3n) is 3.45. The van der Waals surface area contributed by atoms with Gasteiger partial charge in [0.2, 0.25) is 0 Å². The number of hydrogen-bond donors (Lipinski definition) is 0. The van der Waals surface area contributed by atoms with Crippen LogP contribution >= 0.6 is 0 Å². The fourth-order valence-corrected chi connectivity index (χ4v) is 2.18. The van der Waals surface area contributed by atoms with Gasteiger partial charge in [0, 0.05) is 6.20 Å². The molecule has 3 aromatic rings. The minimum absolute atomic E-state index is 0.305. The molecule has 3 rings (SSSR count). The standard InChI is InChI=1S/C18H18N4O4/c1-3-25-17(23)14-8-21-22(11-14)18-19-9-16(10-20-18)26-12-13-5-4-6-15(7-13)24-2/h4-11H,3,12H2,1-2H3. The molecule has 0 aliphatic carbocycles. The first kappa shape index (κ1) is 17.4. The SMILES string of the molecule is CCOC(=O)c1cnn(-c2ncc(OCc3cccc(OC)c3)cn2)c1. The summed E-state index contributed by atoms with van der Waals surface area (Å²) in [6.45, 7) is 2.42. The Kier molecular flexibility index (Phi) is 5.43. The Morgan fingerprint density at radius 1 is 1.15 bits per heavy atom. The molecule has 0 bridgehead atoms. The third kappa shape index (κ3) is 4.15. The first-order chi connectivity index (χ1) is 12.7. The number of carbonyl (C=O) groups is 1. The normalized spacial score (nSPS) is 10.4. The molecule has 0 radical (unpaired) electrons. The van der Waals surface area contributed by atoms with E-state index in [4.69, 9.17) is 14.2 Å². The fourth-order valence-electron chi connectivity index (χ4n) is 2.18. The highest BCUT2D eigenvalue weighted by Crippen LogP contribution is 2.16. The van der Waals surface area contributed by atoms with Crippen LogP contribution in [0.3, 0.4) is 0 Å². The molecule has 0 aliphatic rings. The molecule has 0 unspecified atom stereocenters. The number of ether oxygens (including phenoxy) is 3. The van der Waals surface area contributed by atoms with Crippen molar-refractivity contribution in [3.8, 4) is 17.4 Å². The van der Waals surface area contributed by atoms with Crippen molar-refractivity contribution in [2.75, 3.05) is 13.7 Å². The topological polar surface area (TPSA) is 88.4 Å². The molecule has 134 valence electrons. The number of aromatic nitrogens is 4. The molecule has 0 amide bonds. The molecule has 0 saturated carbocycles. The van der Waals surface area contributed by atoms with E-state index in [2.05, 4.69) is 15.1 Å². The zero-order valence-electron chi connectivity index (χ0n) is 14.5. The van der Waals surface area contributed by atoms with Gasteiger partial charge in [0.1, 0.15) is 12.4 Å². The molecule has 0 spiro atoms. The summed E-state index contributed by atoms with van der Waals surface area (Å²) in [6.07, 6.45) is 6.03. The Balaban J connectivity index is 1.64. The van der Waals surface area contributed by atoms with Crippen LogP contribution in [0.2, 0.25) is 0 Å². The summed E-state index contributed by atoms with van der Waals surface area (Å²) < 4.78 is 17.2. The summed E-state index contributed by atoms with van der Waals surface area (Å²) in [4.78, 5) is 20.1. The summed E-state index contributed by atoms with van der Waals surface area (Å²) in [6, 6.07) is 7.61. The average molecular weight is 354 g/mol. The summed E-state index contributed by atoms with van der Waals surface area (Å²) in [5.41, 5.74) is 1.31. The average Bonchev–Trinajstić information content (AvgIpc) is 3.17. The van der Waals surface area contributed by atoms with E-state index in [1.165, 1.54) is 17.1 Å². The van der Waals surface area contributed by atoms with Crippen molar-refractivity contribution in [1.29, 1.82) is 0 Å². The van der Waals surface area contributed by atoms with Crippen molar-refractivity contribution in [3.63, 3.8) is 0 Å². The number of esters is 1. The number of benzene rings is 1. The molecule has 0 aliphatic heterocycles. The van der Waals surface area contributed by atoms with E-state index in [0.717, 1.165) is 11.3 Å². The van der Waals surface area contributed by atoms with Crippen LogP contribution in [0.4, 0.5) is 0 Å². The maximum atomic E-state index is 11.7.